The van der Waals surface area contributed by atoms with Gasteiger partial charge >= 0.3 is 0 Å². The summed E-state index contributed by atoms with van der Waals surface area (Å²) in [5.41, 5.74) is 0.562. The molecule has 1 fully saturated rings. The van der Waals surface area contributed by atoms with Crippen molar-refractivity contribution >= 4 is 23.2 Å². The molecule has 0 unspecified atom stereocenters. The Morgan fingerprint density at radius 1 is 1.14 bits per heavy atom. The minimum atomic E-state index is -0.364. The summed E-state index contributed by atoms with van der Waals surface area (Å²) in [4.78, 5) is 2.32. The maximum Gasteiger partial charge on any atom is 0.148 e. The fourth-order valence-corrected chi connectivity index (χ4v) is 3.28. The quantitative estimate of drug-likeness (QED) is 0.797. The summed E-state index contributed by atoms with van der Waals surface area (Å²) in [7, 11) is 0. The highest BCUT2D eigenvalue weighted by atomic mass is 35.5. The van der Waals surface area contributed by atoms with Crippen LogP contribution in [-0.4, -0.2) is 31.1 Å². The molecule has 5 heteroatoms. The van der Waals surface area contributed by atoms with Crippen LogP contribution >= 0.6 is 23.2 Å². The Labute approximate surface area is 136 Å². The highest BCUT2D eigenvalue weighted by Crippen LogP contribution is 2.36. The lowest BCUT2D eigenvalue weighted by Gasteiger charge is -2.36. The van der Waals surface area contributed by atoms with Gasteiger partial charge in [0, 0.05) is 42.8 Å². The van der Waals surface area contributed by atoms with Gasteiger partial charge in [-0.15, -0.1) is 0 Å². The van der Waals surface area contributed by atoms with Crippen LogP contribution in [0, 0.1) is 11.7 Å². The Kier molecular flexibility index (Phi) is 6.30. The van der Waals surface area contributed by atoms with Gasteiger partial charge in [0.15, 0.2) is 0 Å². The van der Waals surface area contributed by atoms with Crippen molar-refractivity contribution in [3.8, 4) is 0 Å². The van der Waals surface area contributed by atoms with E-state index in [4.69, 9.17) is 23.2 Å². The summed E-state index contributed by atoms with van der Waals surface area (Å²) in [6.45, 7) is 8.04. The molecule has 1 aromatic carbocycles. The number of rotatable bonds is 5. The van der Waals surface area contributed by atoms with Crippen LogP contribution in [-0.2, 0) is 0 Å². The van der Waals surface area contributed by atoms with E-state index in [-0.39, 0.29) is 16.9 Å². The van der Waals surface area contributed by atoms with Crippen molar-refractivity contribution in [2.24, 2.45) is 5.92 Å². The Bertz CT molecular complexity index is 474. The molecule has 1 N–H and O–H groups in total. The van der Waals surface area contributed by atoms with Crippen molar-refractivity contribution in [1.82, 2.24) is 10.2 Å². The predicted octanol–water partition coefficient (Wildman–Crippen LogP) is 4.52. The zero-order valence-corrected chi connectivity index (χ0v) is 14.1. The van der Waals surface area contributed by atoms with Crippen LogP contribution in [0.4, 0.5) is 4.39 Å². The SMILES string of the molecule is CC(C)CC[C@H](c1c(Cl)ccc(Cl)c1F)N1CCNCC1. The smallest absolute Gasteiger partial charge is 0.148 e. The summed E-state index contributed by atoms with van der Waals surface area (Å²) >= 11 is 12.3. The maximum absolute atomic E-state index is 14.5. The Hall–Kier alpha value is -0.350. The summed E-state index contributed by atoms with van der Waals surface area (Å²) in [6.07, 6.45) is 1.94. The molecule has 1 aromatic rings. The van der Waals surface area contributed by atoms with Crippen LogP contribution in [0.2, 0.25) is 10.0 Å². The minimum absolute atomic E-state index is 0.000648. The van der Waals surface area contributed by atoms with E-state index in [2.05, 4.69) is 24.1 Å². The van der Waals surface area contributed by atoms with Crippen molar-refractivity contribution in [3.05, 3.63) is 33.6 Å². The average Bonchev–Trinajstić information content (AvgIpc) is 2.47. The number of nitrogens with one attached hydrogen (secondary N) is 1. The number of nitrogens with zero attached hydrogens (tertiary/aromatic N) is 1. The van der Waals surface area contributed by atoms with Crippen LogP contribution in [0.5, 0.6) is 0 Å². The van der Waals surface area contributed by atoms with Gasteiger partial charge in [0.25, 0.3) is 0 Å². The topological polar surface area (TPSA) is 15.3 Å². The van der Waals surface area contributed by atoms with Crippen LogP contribution in [0.1, 0.15) is 38.3 Å². The highest BCUT2D eigenvalue weighted by molar-refractivity contribution is 6.33. The first kappa shape index (κ1) is 17.0. The third-order valence-electron chi connectivity index (χ3n) is 4.02. The Morgan fingerprint density at radius 3 is 2.38 bits per heavy atom. The molecule has 1 aliphatic heterocycles. The highest BCUT2D eigenvalue weighted by Gasteiger charge is 2.27. The molecule has 2 nitrogen and oxygen atoms in total. The number of halogens is 3. The van der Waals surface area contributed by atoms with Crippen LogP contribution < -0.4 is 5.32 Å². The van der Waals surface area contributed by atoms with E-state index in [1.54, 1.807) is 6.07 Å². The van der Waals surface area contributed by atoms with Gasteiger partial charge in [-0.3, -0.25) is 4.90 Å². The normalized spacial score (nSPS) is 18.2. The molecule has 0 saturated carbocycles. The van der Waals surface area contributed by atoms with Gasteiger partial charge < -0.3 is 5.32 Å². The summed E-state index contributed by atoms with van der Waals surface area (Å²) in [5.74, 6) is 0.216. The number of hydrogen-bond acceptors (Lipinski definition) is 2. The Morgan fingerprint density at radius 2 is 1.76 bits per heavy atom. The Balaban J connectivity index is 2.31. The van der Waals surface area contributed by atoms with Gasteiger partial charge in [0.1, 0.15) is 5.82 Å². The zero-order chi connectivity index (χ0) is 15.4. The van der Waals surface area contributed by atoms with Gasteiger partial charge in [-0.1, -0.05) is 37.0 Å². The van der Waals surface area contributed by atoms with Gasteiger partial charge in [0.05, 0.1) is 5.02 Å². The average molecular weight is 333 g/mol. The largest absolute Gasteiger partial charge is 0.314 e. The molecule has 1 saturated heterocycles. The molecule has 1 atom stereocenters. The van der Waals surface area contributed by atoms with Crippen molar-refractivity contribution < 1.29 is 4.39 Å². The van der Waals surface area contributed by atoms with E-state index < -0.39 is 0 Å². The molecule has 2 rings (SSSR count). The molecular weight excluding hydrogens is 310 g/mol. The lowest BCUT2D eigenvalue weighted by atomic mass is 9.95. The molecule has 0 radical (unpaired) electrons. The van der Waals surface area contributed by atoms with Gasteiger partial charge in [-0.05, 0) is 30.9 Å². The second-order valence-electron chi connectivity index (χ2n) is 6.03. The molecule has 1 aliphatic rings. The monoisotopic (exact) mass is 332 g/mol. The van der Waals surface area contributed by atoms with E-state index in [9.17, 15) is 4.39 Å². The minimum Gasteiger partial charge on any atom is -0.314 e. The molecule has 118 valence electrons. The first-order valence-corrected chi connectivity index (χ1v) is 8.34. The predicted molar refractivity (Wildman–Crippen MR) is 87.7 cm³/mol. The van der Waals surface area contributed by atoms with Crippen LogP contribution in [0.3, 0.4) is 0 Å². The molecule has 0 amide bonds. The third-order valence-corrected chi connectivity index (χ3v) is 4.64. The lowest BCUT2D eigenvalue weighted by molar-refractivity contribution is 0.157. The molecular formula is C16H23Cl2FN2. The number of hydrogen-bond donors (Lipinski definition) is 1. The second kappa shape index (κ2) is 7.77. The van der Waals surface area contributed by atoms with Gasteiger partial charge in [-0.2, -0.15) is 0 Å². The van der Waals surface area contributed by atoms with E-state index in [0.29, 0.717) is 16.5 Å². The second-order valence-corrected chi connectivity index (χ2v) is 6.84. The van der Waals surface area contributed by atoms with E-state index >= 15 is 0 Å². The fraction of sp³-hybridized carbons (Fsp3) is 0.625. The standard InChI is InChI=1S/C16H23Cl2FN2/c1-11(2)3-6-14(21-9-7-20-8-10-21)15-12(17)4-5-13(18)16(15)19/h4-5,11,14,20H,3,6-10H2,1-2H3/t14-/m1/s1. The van der Waals surface area contributed by atoms with E-state index in [0.717, 1.165) is 39.0 Å². The first-order valence-electron chi connectivity index (χ1n) is 7.59. The summed E-state index contributed by atoms with van der Waals surface area (Å²) in [6, 6.07) is 3.23. The molecule has 0 aliphatic carbocycles. The number of benzene rings is 1. The molecule has 0 bridgehead atoms. The van der Waals surface area contributed by atoms with E-state index in [1.165, 1.54) is 6.07 Å². The van der Waals surface area contributed by atoms with Gasteiger partial charge in [0.2, 0.25) is 0 Å². The van der Waals surface area contributed by atoms with Crippen LogP contribution in [0.15, 0.2) is 12.1 Å². The van der Waals surface area contributed by atoms with Crippen molar-refractivity contribution in [2.75, 3.05) is 26.2 Å². The van der Waals surface area contributed by atoms with Crippen molar-refractivity contribution in [3.63, 3.8) is 0 Å². The molecule has 21 heavy (non-hydrogen) atoms. The molecule has 0 aromatic heterocycles. The first-order chi connectivity index (χ1) is 10.0. The van der Waals surface area contributed by atoms with Crippen molar-refractivity contribution in [1.29, 1.82) is 0 Å². The molecule has 0 spiro atoms. The summed E-state index contributed by atoms with van der Waals surface area (Å²) in [5, 5.41) is 3.96. The lowest BCUT2D eigenvalue weighted by Crippen LogP contribution is -2.45. The van der Waals surface area contributed by atoms with E-state index in [1.807, 2.05) is 0 Å². The fourth-order valence-electron chi connectivity index (χ4n) is 2.84. The zero-order valence-electron chi connectivity index (χ0n) is 12.6. The number of piperazine rings is 1. The van der Waals surface area contributed by atoms with Crippen molar-refractivity contribution in [2.45, 2.75) is 32.7 Å². The maximum atomic E-state index is 14.5. The third kappa shape index (κ3) is 4.32. The molecule has 1 heterocycles. The van der Waals surface area contributed by atoms with Gasteiger partial charge in [-0.25, -0.2) is 4.39 Å². The summed E-state index contributed by atoms with van der Waals surface area (Å²) < 4.78 is 14.5. The van der Waals surface area contributed by atoms with Crippen LogP contribution in [0.25, 0.3) is 0 Å².